The van der Waals surface area contributed by atoms with Crippen molar-refractivity contribution in [3.63, 3.8) is 0 Å². The van der Waals surface area contributed by atoms with Gasteiger partial charge in [-0.05, 0) is 36.6 Å². The third kappa shape index (κ3) is 2.46. The largest absolute Gasteiger partial charge is 0.370 e. The van der Waals surface area contributed by atoms with Gasteiger partial charge >= 0.3 is 0 Å². The van der Waals surface area contributed by atoms with E-state index in [0.29, 0.717) is 5.92 Å². The van der Waals surface area contributed by atoms with E-state index in [1.165, 1.54) is 6.42 Å². The van der Waals surface area contributed by atoms with E-state index in [-0.39, 0.29) is 5.78 Å². The van der Waals surface area contributed by atoms with Gasteiger partial charge in [0.15, 0.2) is 5.78 Å². The normalized spacial score (nSPS) is 25.9. The highest BCUT2D eigenvalue weighted by Crippen LogP contribution is 2.38. The van der Waals surface area contributed by atoms with E-state index >= 15 is 0 Å². The summed E-state index contributed by atoms with van der Waals surface area (Å²) in [5.74, 6) is 0.630. The number of ketones is 1. The summed E-state index contributed by atoms with van der Waals surface area (Å²) in [5.41, 5.74) is 0.0680. The lowest BCUT2D eigenvalue weighted by atomic mass is 9.74. The van der Waals surface area contributed by atoms with Gasteiger partial charge in [0.25, 0.3) is 0 Å². The summed E-state index contributed by atoms with van der Waals surface area (Å²) in [7, 11) is 1.67. The minimum atomic E-state index is -0.665. The molecule has 0 spiro atoms. The van der Waals surface area contributed by atoms with Crippen LogP contribution in [0.5, 0.6) is 0 Å². The summed E-state index contributed by atoms with van der Waals surface area (Å²) in [6, 6.07) is 7.78. The van der Waals surface area contributed by atoms with E-state index in [2.05, 4.69) is 11.9 Å². The fourth-order valence-electron chi connectivity index (χ4n) is 3.54. The molecule has 0 radical (unpaired) electrons. The van der Waals surface area contributed by atoms with Crippen molar-refractivity contribution in [3.8, 4) is 0 Å². The van der Waals surface area contributed by atoms with Crippen molar-refractivity contribution in [2.24, 2.45) is 5.92 Å². The summed E-state index contributed by atoms with van der Waals surface area (Å²) in [5, 5.41) is 1.96. The molecule has 1 fully saturated rings. The minimum Gasteiger partial charge on any atom is -0.370 e. The van der Waals surface area contributed by atoms with Gasteiger partial charge in [0.1, 0.15) is 5.60 Å². The number of benzene rings is 1. The van der Waals surface area contributed by atoms with Crippen LogP contribution >= 0.6 is 0 Å². The van der Waals surface area contributed by atoms with E-state index in [0.717, 1.165) is 35.6 Å². The molecule has 3 rings (SSSR count). The van der Waals surface area contributed by atoms with Gasteiger partial charge in [0, 0.05) is 30.5 Å². The molecule has 1 heterocycles. The van der Waals surface area contributed by atoms with E-state index in [1.54, 1.807) is 19.5 Å². The van der Waals surface area contributed by atoms with Crippen LogP contribution < -0.4 is 0 Å². The highest BCUT2D eigenvalue weighted by atomic mass is 16.5. The van der Waals surface area contributed by atoms with Crippen LogP contribution in [0.2, 0.25) is 0 Å². The van der Waals surface area contributed by atoms with Crippen LogP contribution in [0, 0.1) is 5.92 Å². The molecule has 2 aromatic rings. The lowest BCUT2D eigenvalue weighted by molar-refractivity contribution is -0.0301. The van der Waals surface area contributed by atoms with Crippen LogP contribution in [-0.2, 0) is 4.74 Å². The molecule has 110 valence electrons. The average Bonchev–Trinajstić information content (AvgIpc) is 2.53. The predicted molar refractivity (Wildman–Crippen MR) is 83.4 cm³/mol. The van der Waals surface area contributed by atoms with Crippen LogP contribution in [0.25, 0.3) is 10.8 Å². The van der Waals surface area contributed by atoms with Crippen LogP contribution in [-0.4, -0.2) is 23.5 Å². The molecule has 2 unspecified atom stereocenters. The van der Waals surface area contributed by atoms with Crippen molar-refractivity contribution >= 4 is 16.6 Å². The lowest BCUT2D eigenvalue weighted by Crippen LogP contribution is -2.44. The number of fused-ring (bicyclic) bond motifs is 1. The molecule has 1 aromatic heterocycles. The Hall–Kier alpha value is -1.74. The van der Waals surface area contributed by atoms with Gasteiger partial charge in [-0.1, -0.05) is 31.5 Å². The van der Waals surface area contributed by atoms with Gasteiger partial charge in [0.2, 0.25) is 0 Å². The second-order valence-corrected chi connectivity index (χ2v) is 6.13. The number of ether oxygens (including phenoxy) is 1. The van der Waals surface area contributed by atoms with Crippen LogP contribution in [0.4, 0.5) is 0 Å². The fourth-order valence-corrected chi connectivity index (χ4v) is 3.54. The van der Waals surface area contributed by atoms with Crippen LogP contribution in [0.3, 0.4) is 0 Å². The molecule has 1 saturated carbocycles. The number of Topliss-reactive ketones (excluding diaryl/α,β-unsaturated/α-hetero) is 1. The van der Waals surface area contributed by atoms with Gasteiger partial charge in [-0.15, -0.1) is 0 Å². The molecule has 1 aromatic carbocycles. The standard InChI is InChI=1S/C18H21NO2/c1-13-5-4-9-18(11-13,21-2)17(20)15-7-3-6-14-8-10-19-12-16(14)15/h3,6-8,10,12-13H,4-5,9,11H2,1-2H3. The SMILES string of the molecule is COC1(C(=O)c2cccc3ccncc23)CCCC(C)C1. The zero-order valence-electron chi connectivity index (χ0n) is 12.6. The monoisotopic (exact) mass is 283 g/mol. The summed E-state index contributed by atoms with van der Waals surface area (Å²) in [4.78, 5) is 17.3. The number of carbonyl (C=O) groups excluding carboxylic acids is 1. The zero-order valence-corrected chi connectivity index (χ0v) is 12.6. The van der Waals surface area contributed by atoms with E-state index < -0.39 is 5.60 Å². The number of nitrogens with zero attached hydrogens (tertiary/aromatic N) is 1. The van der Waals surface area contributed by atoms with Gasteiger partial charge < -0.3 is 4.74 Å². The van der Waals surface area contributed by atoms with Crippen molar-refractivity contribution in [2.45, 2.75) is 38.2 Å². The molecule has 0 bridgehead atoms. The van der Waals surface area contributed by atoms with Crippen molar-refractivity contribution in [1.82, 2.24) is 4.98 Å². The van der Waals surface area contributed by atoms with Gasteiger partial charge in [-0.3, -0.25) is 9.78 Å². The van der Waals surface area contributed by atoms with Crippen molar-refractivity contribution in [2.75, 3.05) is 7.11 Å². The number of methoxy groups -OCH3 is 1. The number of rotatable bonds is 3. The Kier molecular flexibility index (Phi) is 3.77. The summed E-state index contributed by atoms with van der Waals surface area (Å²) in [6.07, 6.45) is 7.37. The Bertz CT molecular complexity index is 662. The molecule has 1 aliphatic rings. The Labute approximate surface area is 125 Å². The summed E-state index contributed by atoms with van der Waals surface area (Å²) in [6.45, 7) is 2.20. The average molecular weight is 283 g/mol. The van der Waals surface area contributed by atoms with Crippen molar-refractivity contribution < 1.29 is 9.53 Å². The summed E-state index contributed by atoms with van der Waals surface area (Å²) >= 11 is 0. The first-order chi connectivity index (χ1) is 10.2. The molecule has 0 aliphatic heterocycles. The molecular weight excluding hydrogens is 262 g/mol. The molecule has 21 heavy (non-hydrogen) atoms. The Morgan fingerprint density at radius 1 is 1.38 bits per heavy atom. The molecule has 0 saturated heterocycles. The highest BCUT2D eigenvalue weighted by Gasteiger charge is 2.42. The molecule has 3 nitrogen and oxygen atoms in total. The smallest absolute Gasteiger partial charge is 0.195 e. The molecule has 0 amide bonds. The zero-order chi connectivity index (χ0) is 14.9. The third-order valence-electron chi connectivity index (χ3n) is 4.69. The third-order valence-corrected chi connectivity index (χ3v) is 4.69. The maximum Gasteiger partial charge on any atom is 0.195 e. The predicted octanol–water partition coefficient (Wildman–Crippen LogP) is 4.01. The van der Waals surface area contributed by atoms with Crippen LogP contribution in [0.1, 0.15) is 43.0 Å². The number of hydrogen-bond acceptors (Lipinski definition) is 3. The molecular formula is C18H21NO2. The van der Waals surface area contributed by atoms with Gasteiger partial charge in [-0.25, -0.2) is 0 Å². The maximum atomic E-state index is 13.2. The lowest BCUT2D eigenvalue weighted by Gasteiger charge is -2.37. The molecule has 1 aliphatic carbocycles. The topological polar surface area (TPSA) is 39.2 Å². The Morgan fingerprint density at radius 2 is 2.24 bits per heavy atom. The Balaban J connectivity index is 2.07. The van der Waals surface area contributed by atoms with E-state index in [4.69, 9.17) is 4.74 Å². The first-order valence-electron chi connectivity index (χ1n) is 7.59. The van der Waals surface area contributed by atoms with Crippen molar-refractivity contribution in [1.29, 1.82) is 0 Å². The second kappa shape index (κ2) is 5.57. The first-order valence-corrected chi connectivity index (χ1v) is 7.59. The Morgan fingerprint density at radius 3 is 3.00 bits per heavy atom. The minimum absolute atomic E-state index is 0.107. The number of pyridine rings is 1. The van der Waals surface area contributed by atoms with Gasteiger partial charge in [-0.2, -0.15) is 0 Å². The number of carbonyl (C=O) groups is 1. The first kappa shape index (κ1) is 14.2. The molecule has 3 heteroatoms. The summed E-state index contributed by atoms with van der Waals surface area (Å²) < 4.78 is 5.74. The van der Waals surface area contributed by atoms with Crippen LogP contribution in [0.15, 0.2) is 36.7 Å². The van der Waals surface area contributed by atoms with Gasteiger partial charge in [0.05, 0.1) is 0 Å². The number of aromatic nitrogens is 1. The van der Waals surface area contributed by atoms with E-state index in [1.807, 2.05) is 24.3 Å². The second-order valence-electron chi connectivity index (χ2n) is 6.13. The fraction of sp³-hybridized carbons (Fsp3) is 0.444. The molecule has 0 N–H and O–H groups in total. The van der Waals surface area contributed by atoms with E-state index in [9.17, 15) is 4.79 Å². The molecule has 2 atom stereocenters. The quantitative estimate of drug-likeness (QED) is 0.799. The number of hydrogen-bond donors (Lipinski definition) is 0. The van der Waals surface area contributed by atoms with Crippen molar-refractivity contribution in [3.05, 3.63) is 42.2 Å². The maximum absolute atomic E-state index is 13.2. The highest BCUT2D eigenvalue weighted by molar-refractivity contribution is 6.11.